The van der Waals surface area contributed by atoms with E-state index in [4.69, 9.17) is 4.74 Å². The monoisotopic (exact) mass is 414 g/mol. The summed E-state index contributed by atoms with van der Waals surface area (Å²) in [7, 11) is 0. The van der Waals surface area contributed by atoms with Crippen molar-refractivity contribution < 1.29 is 14.6 Å². The molecule has 0 bridgehead atoms. The second-order valence-corrected chi connectivity index (χ2v) is 6.58. The van der Waals surface area contributed by atoms with Gasteiger partial charge < -0.3 is 15.2 Å². The SMILES string of the molecule is CCOc1cc(/C=C(/C#N)C(=O)Nc2ccc(C)cc2C)cc(Br)c1O. The lowest BCUT2D eigenvalue weighted by molar-refractivity contribution is -0.112. The van der Waals surface area contributed by atoms with Gasteiger partial charge in [-0.25, -0.2) is 0 Å². The minimum absolute atomic E-state index is 0.0257. The number of nitrogens with one attached hydrogen (secondary N) is 1. The number of hydrogen-bond donors (Lipinski definition) is 2. The van der Waals surface area contributed by atoms with Gasteiger partial charge in [-0.05, 0) is 72.1 Å². The van der Waals surface area contributed by atoms with Crippen molar-refractivity contribution in [3.8, 4) is 17.6 Å². The number of benzene rings is 2. The first-order chi connectivity index (χ1) is 12.3. The van der Waals surface area contributed by atoms with E-state index >= 15 is 0 Å². The van der Waals surface area contributed by atoms with Crippen LogP contribution in [0.1, 0.15) is 23.6 Å². The van der Waals surface area contributed by atoms with Gasteiger partial charge in [0.2, 0.25) is 0 Å². The third-order valence-electron chi connectivity index (χ3n) is 3.66. The molecule has 0 atom stereocenters. The number of amides is 1. The summed E-state index contributed by atoms with van der Waals surface area (Å²) in [6.45, 7) is 6.04. The Morgan fingerprint density at radius 2 is 2.08 bits per heavy atom. The number of phenolic OH excluding ortho intramolecular Hbond substituents is 1. The first-order valence-electron chi connectivity index (χ1n) is 8.01. The zero-order valence-corrected chi connectivity index (χ0v) is 16.3. The second kappa shape index (κ2) is 8.54. The molecule has 0 heterocycles. The zero-order chi connectivity index (χ0) is 19.3. The molecule has 2 N–H and O–H groups in total. The van der Waals surface area contributed by atoms with Gasteiger partial charge in [0.05, 0.1) is 11.1 Å². The lowest BCUT2D eigenvalue weighted by Crippen LogP contribution is -2.14. The van der Waals surface area contributed by atoms with Crippen molar-refractivity contribution in [2.75, 3.05) is 11.9 Å². The molecule has 0 aliphatic carbocycles. The predicted octanol–water partition coefficient (Wildman–Crippen LogP) is 4.72. The van der Waals surface area contributed by atoms with Crippen molar-refractivity contribution >= 4 is 33.6 Å². The number of anilines is 1. The molecule has 0 saturated heterocycles. The van der Waals surface area contributed by atoms with Gasteiger partial charge in [0.1, 0.15) is 11.6 Å². The van der Waals surface area contributed by atoms with Gasteiger partial charge in [-0.1, -0.05) is 17.7 Å². The first kappa shape index (κ1) is 19.5. The lowest BCUT2D eigenvalue weighted by atomic mass is 10.1. The first-order valence-corrected chi connectivity index (χ1v) is 8.80. The summed E-state index contributed by atoms with van der Waals surface area (Å²) in [4.78, 5) is 12.5. The maximum Gasteiger partial charge on any atom is 0.266 e. The fourth-order valence-electron chi connectivity index (χ4n) is 2.40. The van der Waals surface area contributed by atoms with Gasteiger partial charge in [-0.2, -0.15) is 5.26 Å². The summed E-state index contributed by atoms with van der Waals surface area (Å²) >= 11 is 3.24. The van der Waals surface area contributed by atoms with Crippen molar-refractivity contribution in [1.82, 2.24) is 0 Å². The van der Waals surface area contributed by atoms with E-state index in [2.05, 4.69) is 21.2 Å². The number of halogens is 1. The molecule has 2 aromatic carbocycles. The number of phenols is 1. The third kappa shape index (κ3) is 4.64. The van der Waals surface area contributed by atoms with Crippen molar-refractivity contribution in [2.24, 2.45) is 0 Å². The van der Waals surface area contributed by atoms with E-state index in [0.717, 1.165) is 11.1 Å². The zero-order valence-electron chi connectivity index (χ0n) is 14.8. The Morgan fingerprint density at radius 3 is 2.69 bits per heavy atom. The molecule has 0 spiro atoms. The van der Waals surface area contributed by atoms with E-state index in [1.165, 1.54) is 6.08 Å². The third-order valence-corrected chi connectivity index (χ3v) is 4.26. The number of aromatic hydroxyl groups is 1. The summed E-state index contributed by atoms with van der Waals surface area (Å²) in [5, 5.41) is 22.1. The van der Waals surface area contributed by atoms with Gasteiger partial charge in [-0.15, -0.1) is 0 Å². The number of carbonyl (C=O) groups is 1. The van der Waals surface area contributed by atoms with E-state index in [0.29, 0.717) is 22.3 Å². The highest BCUT2D eigenvalue weighted by Crippen LogP contribution is 2.36. The smallest absolute Gasteiger partial charge is 0.266 e. The van der Waals surface area contributed by atoms with Crippen LogP contribution in [0.4, 0.5) is 5.69 Å². The summed E-state index contributed by atoms with van der Waals surface area (Å²) in [5.41, 5.74) is 3.18. The number of nitrogens with zero attached hydrogens (tertiary/aromatic N) is 1. The highest BCUT2D eigenvalue weighted by atomic mass is 79.9. The Kier molecular flexibility index (Phi) is 6.42. The van der Waals surface area contributed by atoms with Crippen LogP contribution in [0.15, 0.2) is 40.4 Å². The number of rotatable bonds is 5. The number of carbonyl (C=O) groups excluding carboxylic acids is 1. The van der Waals surface area contributed by atoms with Crippen LogP contribution in [0.25, 0.3) is 6.08 Å². The largest absolute Gasteiger partial charge is 0.503 e. The minimum atomic E-state index is -0.499. The molecule has 2 aromatic rings. The Labute approximate surface area is 161 Å². The standard InChI is InChI=1S/C20H19BrN2O3/c1-4-26-18-10-14(9-16(21)19(18)24)8-15(11-22)20(25)23-17-6-5-12(2)7-13(17)3/h5-10,24H,4H2,1-3H3,(H,23,25)/b15-8-. The summed E-state index contributed by atoms with van der Waals surface area (Å²) in [5.74, 6) is -0.246. The average molecular weight is 415 g/mol. The Bertz CT molecular complexity index is 914. The van der Waals surface area contributed by atoms with Gasteiger partial charge in [0.25, 0.3) is 5.91 Å². The Morgan fingerprint density at radius 1 is 1.35 bits per heavy atom. The quantitative estimate of drug-likeness (QED) is 0.547. The van der Waals surface area contributed by atoms with Gasteiger partial charge in [0.15, 0.2) is 11.5 Å². The molecule has 134 valence electrons. The topological polar surface area (TPSA) is 82.3 Å². The molecule has 0 saturated carbocycles. The number of hydrogen-bond acceptors (Lipinski definition) is 4. The van der Waals surface area contributed by atoms with Crippen LogP contribution in [-0.4, -0.2) is 17.6 Å². The summed E-state index contributed by atoms with van der Waals surface area (Å²) in [6, 6.07) is 10.8. The van der Waals surface area contributed by atoms with E-state index in [9.17, 15) is 15.2 Å². The molecule has 26 heavy (non-hydrogen) atoms. The van der Waals surface area contributed by atoms with E-state index in [-0.39, 0.29) is 17.1 Å². The average Bonchev–Trinajstić information content (AvgIpc) is 2.59. The molecule has 2 rings (SSSR count). The fourth-order valence-corrected chi connectivity index (χ4v) is 2.86. The van der Waals surface area contributed by atoms with E-state index in [1.807, 2.05) is 38.1 Å². The molecule has 0 unspecified atom stereocenters. The minimum Gasteiger partial charge on any atom is -0.503 e. The predicted molar refractivity (Wildman–Crippen MR) is 105 cm³/mol. The number of nitriles is 1. The molecule has 0 fully saturated rings. The maximum absolute atomic E-state index is 12.5. The van der Waals surface area contributed by atoms with Crippen molar-refractivity contribution in [3.63, 3.8) is 0 Å². The van der Waals surface area contributed by atoms with Crippen LogP contribution in [0, 0.1) is 25.2 Å². The lowest BCUT2D eigenvalue weighted by Gasteiger charge is -2.10. The molecule has 6 heteroatoms. The molecule has 1 amide bonds. The molecule has 0 aromatic heterocycles. The molecular formula is C20H19BrN2O3. The number of aryl methyl sites for hydroxylation is 2. The van der Waals surface area contributed by atoms with Crippen molar-refractivity contribution in [3.05, 3.63) is 57.1 Å². The normalized spacial score (nSPS) is 11.0. The van der Waals surface area contributed by atoms with Crippen LogP contribution >= 0.6 is 15.9 Å². The maximum atomic E-state index is 12.5. The van der Waals surface area contributed by atoms with E-state index in [1.54, 1.807) is 19.1 Å². The number of ether oxygens (including phenoxy) is 1. The molecule has 0 radical (unpaired) electrons. The summed E-state index contributed by atoms with van der Waals surface area (Å²) < 4.78 is 5.78. The Hall–Kier alpha value is -2.78. The van der Waals surface area contributed by atoms with Crippen LogP contribution in [0.3, 0.4) is 0 Å². The molecule has 5 nitrogen and oxygen atoms in total. The fraction of sp³-hybridized carbons (Fsp3) is 0.200. The second-order valence-electron chi connectivity index (χ2n) is 5.72. The van der Waals surface area contributed by atoms with Gasteiger partial charge >= 0.3 is 0 Å². The van der Waals surface area contributed by atoms with Gasteiger partial charge in [-0.3, -0.25) is 4.79 Å². The van der Waals surface area contributed by atoms with Crippen LogP contribution in [0.2, 0.25) is 0 Å². The van der Waals surface area contributed by atoms with E-state index < -0.39 is 5.91 Å². The molecular weight excluding hydrogens is 396 g/mol. The van der Waals surface area contributed by atoms with Crippen molar-refractivity contribution in [2.45, 2.75) is 20.8 Å². The Balaban J connectivity index is 2.32. The molecule has 0 aliphatic rings. The highest BCUT2D eigenvalue weighted by molar-refractivity contribution is 9.10. The van der Waals surface area contributed by atoms with Crippen molar-refractivity contribution in [1.29, 1.82) is 5.26 Å². The van der Waals surface area contributed by atoms with Gasteiger partial charge in [0, 0.05) is 5.69 Å². The summed E-state index contributed by atoms with van der Waals surface area (Å²) in [6.07, 6.45) is 1.45. The van der Waals surface area contributed by atoms with Crippen LogP contribution < -0.4 is 10.1 Å². The molecule has 0 aliphatic heterocycles. The van der Waals surface area contributed by atoms with Crippen LogP contribution in [0.5, 0.6) is 11.5 Å². The highest BCUT2D eigenvalue weighted by Gasteiger charge is 2.13. The van der Waals surface area contributed by atoms with Crippen LogP contribution in [-0.2, 0) is 4.79 Å².